The van der Waals surface area contributed by atoms with Gasteiger partial charge in [-0.05, 0) is 5.56 Å². The first-order valence-corrected chi connectivity index (χ1v) is 5.21. The Morgan fingerprint density at radius 2 is 2.22 bits per heavy atom. The summed E-state index contributed by atoms with van der Waals surface area (Å²) in [6.07, 6.45) is 0.722. The molecule has 0 unspecified atom stereocenters. The first-order chi connectivity index (χ1) is 8.79. The minimum absolute atomic E-state index is 0.173. The fourth-order valence-corrected chi connectivity index (χ4v) is 1.34. The van der Waals surface area contributed by atoms with Gasteiger partial charge in [0.05, 0.1) is 6.20 Å². The molecule has 0 bridgehead atoms. The molecule has 0 radical (unpaired) electrons. The number of anilines is 1. The second-order valence-electron chi connectivity index (χ2n) is 3.46. The molecular formula is C12H10N4O2. The van der Waals surface area contributed by atoms with Crippen LogP contribution >= 0.6 is 0 Å². The van der Waals surface area contributed by atoms with E-state index in [0.29, 0.717) is 5.69 Å². The number of aromatic amines is 1. The highest BCUT2D eigenvalue weighted by molar-refractivity contribution is 5.85. The summed E-state index contributed by atoms with van der Waals surface area (Å²) in [5, 5.41) is 17.2. The zero-order valence-electron chi connectivity index (χ0n) is 9.38. The molecule has 0 fully saturated rings. The van der Waals surface area contributed by atoms with Gasteiger partial charge in [-0.1, -0.05) is 30.3 Å². The number of hydrogen-bond acceptors (Lipinski definition) is 4. The van der Waals surface area contributed by atoms with Crippen LogP contribution in [0.2, 0.25) is 0 Å². The maximum Gasteiger partial charge on any atom is 0.412 e. The summed E-state index contributed by atoms with van der Waals surface area (Å²) in [4.78, 5) is 11.5. The molecule has 1 amide bonds. The molecule has 0 saturated carbocycles. The maximum atomic E-state index is 11.5. The van der Waals surface area contributed by atoms with Crippen molar-refractivity contribution in [3.63, 3.8) is 0 Å². The van der Waals surface area contributed by atoms with Gasteiger partial charge in [-0.15, -0.1) is 0 Å². The number of amides is 1. The fraction of sp³-hybridized carbons (Fsp3) is 0.0833. The summed E-state index contributed by atoms with van der Waals surface area (Å²) in [7, 11) is 0. The quantitative estimate of drug-likeness (QED) is 0.861. The van der Waals surface area contributed by atoms with Crippen LogP contribution in [0.25, 0.3) is 0 Å². The van der Waals surface area contributed by atoms with E-state index in [9.17, 15) is 4.79 Å². The molecule has 18 heavy (non-hydrogen) atoms. The number of hydrogen-bond donors (Lipinski definition) is 2. The molecule has 0 spiro atoms. The lowest BCUT2D eigenvalue weighted by Gasteiger charge is -2.05. The first kappa shape index (κ1) is 11.7. The number of nitrogens with zero attached hydrogens (tertiary/aromatic N) is 2. The van der Waals surface area contributed by atoms with Gasteiger partial charge in [0.1, 0.15) is 18.4 Å². The lowest BCUT2D eigenvalue weighted by Crippen LogP contribution is -2.13. The van der Waals surface area contributed by atoms with E-state index < -0.39 is 6.09 Å². The number of rotatable bonds is 3. The third kappa shape index (κ3) is 2.86. The van der Waals surface area contributed by atoms with Crippen molar-refractivity contribution >= 4 is 11.8 Å². The number of nitrogens with one attached hydrogen (secondary N) is 2. The van der Waals surface area contributed by atoms with Crippen LogP contribution in [0.4, 0.5) is 10.5 Å². The molecule has 1 heterocycles. The molecule has 0 atom stereocenters. The molecule has 0 saturated heterocycles. The van der Waals surface area contributed by atoms with Gasteiger partial charge in [0.2, 0.25) is 0 Å². The number of carbonyl (C=O) groups excluding carboxylic acids is 1. The molecule has 90 valence electrons. The van der Waals surface area contributed by atoms with Gasteiger partial charge in [-0.25, -0.2) is 4.79 Å². The van der Waals surface area contributed by atoms with E-state index in [1.165, 1.54) is 6.20 Å². The zero-order valence-corrected chi connectivity index (χ0v) is 9.38. The summed E-state index contributed by atoms with van der Waals surface area (Å²) in [5.41, 5.74) is 1.38. The van der Waals surface area contributed by atoms with E-state index in [0.717, 1.165) is 5.56 Å². The minimum atomic E-state index is -0.628. The predicted octanol–water partition coefficient (Wildman–Crippen LogP) is 2.03. The largest absolute Gasteiger partial charge is 0.444 e. The Hall–Kier alpha value is -2.81. The van der Waals surface area contributed by atoms with E-state index in [2.05, 4.69) is 15.5 Å². The molecule has 6 nitrogen and oxygen atoms in total. The van der Waals surface area contributed by atoms with Crippen LogP contribution in [0.3, 0.4) is 0 Å². The summed E-state index contributed by atoms with van der Waals surface area (Å²) in [6.45, 7) is 0.173. The molecule has 1 aromatic carbocycles. The number of aromatic nitrogens is 2. The number of benzene rings is 1. The normalized spacial score (nSPS) is 9.50. The highest BCUT2D eigenvalue weighted by atomic mass is 16.5. The second kappa shape index (κ2) is 5.50. The molecule has 2 rings (SSSR count). The number of nitriles is 1. The van der Waals surface area contributed by atoms with Gasteiger partial charge >= 0.3 is 6.09 Å². The van der Waals surface area contributed by atoms with Crippen LogP contribution in [-0.4, -0.2) is 16.3 Å². The van der Waals surface area contributed by atoms with Gasteiger partial charge < -0.3 is 4.74 Å². The van der Waals surface area contributed by atoms with Crippen LogP contribution in [-0.2, 0) is 11.3 Å². The van der Waals surface area contributed by atoms with Crippen molar-refractivity contribution in [2.75, 3.05) is 5.32 Å². The smallest absolute Gasteiger partial charge is 0.412 e. The monoisotopic (exact) mass is 242 g/mol. The molecule has 2 aromatic rings. The molecule has 0 aliphatic heterocycles. The van der Waals surface area contributed by atoms with Crippen LogP contribution in [0.5, 0.6) is 0 Å². The Morgan fingerprint density at radius 1 is 1.44 bits per heavy atom. The van der Waals surface area contributed by atoms with Crippen molar-refractivity contribution in [1.82, 2.24) is 10.2 Å². The zero-order chi connectivity index (χ0) is 12.8. The van der Waals surface area contributed by atoms with Crippen molar-refractivity contribution in [1.29, 1.82) is 5.26 Å². The van der Waals surface area contributed by atoms with Crippen molar-refractivity contribution in [3.05, 3.63) is 47.8 Å². The number of carbonyl (C=O) groups is 1. The van der Waals surface area contributed by atoms with Crippen LogP contribution in [0.1, 0.15) is 11.3 Å². The van der Waals surface area contributed by atoms with Crippen molar-refractivity contribution in [3.8, 4) is 6.07 Å². The summed E-state index contributed by atoms with van der Waals surface area (Å²) in [6, 6.07) is 11.2. The van der Waals surface area contributed by atoms with Gasteiger partial charge in [-0.2, -0.15) is 10.4 Å². The molecule has 0 aliphatic rings. The Kier molecular flexibility index (Phi) is 3.56. The Morgan fingerprint density at radius 3 is 2.94 bits per heavy atom. The van der Waals surface area contributed by atoms with Crippen molar-refractivity contribution < 1.29 is 9.53 Å². The maximum absolute atomic E-state index is 11.5. The highest BCUT2D eigenvalue weighted by Gasteiger charge is 2.09. The lowest BCUT2D eigenvalue weighted by atomic mass is 10.2. The Labute approximate surface area is 103 Å². The van der Waals surface area contributed by atoms with E-state index in [-0.39, 0.29) is 12.3 Å². The molecule has 0 aliphatic carbocycles. The molecule has 1 aromatic heterocycles. The third-order valence-corrected chi connectivity index (χ3v) is 2.20. The van der Waals surface area contributed by atoms with Gasteiger partial charge in [-0.3, -0.25) is 10.4 Å². The first-order valence-electron chi connectivity index (χ1n) is 5.21. The van der Waals surface area contributed by atoms with Crippen LogP contribution < -0.4 is 5.32 Å². The van der Waals surface area contributed by atoms with Crippen molar-refractivity contribution in [2.45, 2.75) is 6.61 Å². The van der Waals surface area contributed by atoms with Crippen LogP contribution in [0.15, 0.2) is 36.5 Å². The number of ether oxygens (including phenoxy) is 1. The predicted molar refractivity (Wildman–Crippen MR) is 63.6 cm³/mol. The fourth-order valence-electron chi connectivity index (χ4n) is 1.34. The second-order valence-corrected chi connectivity index (χ2v) is 3.46. The average molecular weight is 242 g/mol. The molecule has 2 N–H and O–H groups in total. The number of H-pyrrole nitrogens is 1. The summed E-state index contributed by atoms with van der Waals surface area (Å²) < 4.78 is 5.00. The van der Waals surface area contributed by atoms with E-state index >= 15 is 0 Å². The van der Waals surface area contributed by atoms with E-state index in [4.69, 9.17) is 10.00 Å². The third-order valence-electron chi connectivity index (χ3n) is 2.20. The average Bonchev–Trinajstić information content (AvgIpc) is 2.85. The summed E-state index contributed by atoms with van der Waals surface area (Å²) in [5.74, 6) is 0. The van der Waals surface area contributed by atoms with E-state index in [1.807, 2.05) is 36.4 Å². The topological polar surface area (TPSA) is 90.8 Å². The lowest BCUT2D eigenvalue weighted by molar-refractivity contribution is 0.155. The van der Waals surface area contributed by atoms with Gasteiger partial charge in [0, 0.05) is 0 Å². The Bertz CT molecular complexity index is 571. The highest BCUT2D eigenvalue weighted by Crippen LogP contribution is 2.10. The molecular weight excluding hydrogens is 232 g/mol. The Balaban J connectivity index is 1.88. The standard InChI is InChI=1S/C12H10N4O2/c13-6-10-11(7-14-16-10)15-12(17)18-8-9-4-2-1-3-5-9/h1-5,7H,8H2,(H,14,16)(H,15,17). The van der Waals surface area contributed by atoms with Gasteiger partial charge in [0.25, 0.3) is 0 Å². The molecule has 6 heteroatoms. The summed E-state index contributed by atoms with van der Waals surface area (Å²) >= 11 is 0. The SMILES string of the molecule is N#Cc1[nH]ncc1NC(=O)OCc1ccccc1. The minimum Gasteiger partial charge on any atom is -0.444 e. The van der Waals surface area contributed by atoms with E-state index in [1.54, 1.807) is 0 Å². The van der Waals surface area contributed by atoms with Gasteiger partial charge in [0.15, 0.2) is 5.69 Å². The van der Waals surface area contributed by atoms with Crippen molar-refractivity contribution in [2.24, 2.45) is 0 Å². The van der Waals surface area contributed by atoms with Crippen LogP contribution in [0, 0.1) is 11.3 Å².